The Balaban J connectivity index is 1.35. The van der Waals surface area contributed by atoms with Crippen molar-refractivity contribution in [3.05, 3.63) is 53.6 Å². The smallest absolute Gasteiger partial charge is 0.181 e. The summed E-state index contributed by atoms with van der Waals surface area (Å²) >= 11 is 5.82. The van der Waals surface area contributed by atoms with Crippen LogP contribution in [0.3, 0.4) is 0 Å². The molecule has 0 amide bonds. The summed E-state index contributed by atoms with van der Waals surface area (Å²) in [6.45, 7) is 2.01. The average Bonchev–Trinajstić information content (AvgIpc) is 2.61. The molecule has 0 spiro atoms. The zero-order valence-corrected chi connectivity index (χ0v) is 14.0. The molecule has 24 heavy (non-hydrogen) atoms. The lowest BCUT2D eigenvalue weighted by Gasteiger charge is -2.25. The fourth-order valence-electron chi connectivity index (χ4n) is 2.45. The van der Waals surface area contributed by atoms with Crippen LogP contribution in [-0.4, -0.2) is 43.6 Å². The Hall–Kier alpha value is -1.95. The van der Waals surface area contributed by atoms with E-state index in [1.54, 1.807) is 24.3 Å². The highest BCUT2D eigenvalue weighted by molar-refractivity contribution is 6.30. The van der Waals surface area contributed by atoms with Gasteiger partial charge in [-0.3, -0.25) is 0 Å². The second-order valence-electron chi connectivity index (χ2n) is 5.68. The lowest BCUT2D eigenvalue weighted by atomic mass is 10.2. The Morgan fingerprint density at radius 1 is 1.17 bits per heavy atom. The molecule has 6 heteroatoms. The van der Waals surface area contributed by atoms with E-state index in [-0.39, 0.29) is 12.7 Å². The van der Waals surface area contributed by atoms with Crippen molar-refractivity contribution in [2.75, 3.05) is 26.3 Å². The van der Waals surface area contributed by atoms with Gasteiger partial charge in [0.2, 0.25) is 0 Å². The molecule has 2 atom stereocenters. The third kappa shape index (κ3) is 4.77. The van der Waals surface area contributed by atoms with Gasteiger partial charge in [0.05, 0.1) is 0 Å². The monoisotopic (exact) mass is 350 g/mol. The van der Waals surface area contributed by atoms with E-state index in [1.807, 2.05) is 29.6 Å². The summed E-state index contributed by atoms with van der Waals surface area (Å²) in [6.07, 6.45) is -0.582. The molecule has 1 aliphatic heterocycles. The number of rotatable bonds is 7. The largest absolute Gasteiger partial charge is 0.491 e. The fourth-order valence-corrected chi connectivity index (χ4v) is 2.57. The van der Waals surface area contributed by atoms with Crippen molar-refractivity contribution < 1.29 is 24.6 Å². The molecule has 0 aromatic heterocycles. The van der Waals surface area contributed by atoms with Gasteiger partial charge >= 0.3 is 0 Å². The minimum atomic E-state index is -0.558. The third-order valence-corrected chi connectivity index (χ3v) is 3.94. The van der Waals surface area contributed by atoms with E-state index in [2.05, 4.69) is 0 Å². The zero-order chi connectivity index (χ0) is 16.8. The Labute approximate surface area is 146 Å². The second-order valence-corrected chi connectivity index (χ2v) is 6.11. The minimum Gasteiger partial charge on any atom is -0.491 e. The van der Waals surface area contributed by atoms with Gasteiger partial charge in [-0.1, -0.05) is 23.7 Å². The van der Waals surface area contributed by atoms with Crippen molar-refractivity contribution in [2.24, 2.45) is 0 Å². The van der Waals surface area contributed by atoms with Gasteiger partial charge in [-0.2, -0.15) is 0 Å². The Morgan fingerprint density at radius 2 is 1.92 bits per heavy atom. The SMILES string of the molecule is O[C@H](C[NH2+]C[C@H]1COc2ccccc2O1)COc1ccc(Cl)cc1. The quantitative estimate of drug-likeness (QED) is 0.794. The van der Waals surface area contributed by atoms with E-state index in [0.717, 1.165) is 11.5 Å². The summed E-state index contributed by atoms with van der Waals surface area (Å²) in [6, 6.07) is 14.7. The van der Waals surface area contributed by atoms with Crippen LogP contribution < -0.4 is 19.5 Å². The number of benzene rings is 2. The van der Waals surface area contributed by atoms with Crippen LogP contribution in [-0.2, 0) is 0 Å². The van der Waals surface area contributed by atoms with Gasteiger partial charge in [0.1, 0.15) is 38.2 Å². The van der Waals surface area contributed by atoms with Crippen molar-refractivity contribution >= 4 is 11.6 Å². The van der Waals surface area contributed by atoms with Gasteiger partial charge in [-0.05, 0) is 36.4 Å². The molecule has 2 aromatic carbocycles. The predicted molar refractivity (Wildman–Crippen MR) is 91.0 cm³/mol. The summed E-state index contributed by atoms with van der Waals surface area (Å²) in [5.41, 5.74) is 0. The van der Waals surface area contributed by atoms with E-state index < -0.39 is 6.10 Å². The predicted octanol–water partition coefficient (Wildman–Crippen LogP) is 1.48. The van der Waals surface area contributed by atoms with E-state index in [4.69, 9.17) is 25.8 Å². The highest BCUT2D eigenvalue weighted by Crippen LogP contribution is 2.30. The van der Waals surface area contributed by atoms with Crippen LogP contribution in [0.15, 0.2) is 48.5 Å². The van der Waals surface area contributed by atoms with Gasteiger partial charge in [0.15, 0.2) is 17.6 Å². The van der Waals surface area contributed by atoms with Crippen molar-refractivity contribution in [3.63, 3.8) is 0 Å². The molecular weight excluding hydrogens is 330 g/mol. The molecule has 128 valence electrons. The molecule has 0 unspecified atom stereocenters. The van der Waals surface area contributed by atoms with Crippen LogP contribution in [0.2, 0.25) is 5.02 Å². The van der Waals surface area contributed by atoms with Crippen LogP contribution >= 0.6 is 11.6 Å². The number of aliphatic hydroxyl groups is 1. The van der Waals surface area contributed by atoms with Crippen molar-refractivity contribution in [1.82, 2.24) is 0 Å². The Kier molecular flexibility index (Phi) is 5.80. The summed E-state index contributed by atoms with van der Waals surface area (Å²) < 4.78 is 17.1. The molecule has 0 bridgehead atoms. The van der Waals surface area contributed by atoms with Gasteiger partial charge in [0, 0.05) is 5.02 Å². The highest BCUT2D eigenvalue weighted by Gasteiger charge is 2.22. The first-order valence-electron chi connectivity index (χ1n) is 7.97. The van der Waals surface area contributed by atoms with Gasteiger partial charge in [0.25, 0.3) is 0 Å². The number of halogens is 1. The molecule has 3 N–H and O–H groups in total. The summed E-state index contributed by atoms with van der Waals surface area (Å²) in [5.74, 6) is 2.25. The molecular formula is C18H21ClNO4+. The van der Waals surface area contributed by atoms with E-state index in [1.165, 1.54) is 0 Å². The zero-order valence-electron chi connectivity index (χ0n) is 13.2. The van der Waals surface area contributed by atoms with E-state index in [0.29, 0.717) is 30.5 Å². The maximum atomic E-state index is 10.00. The highest BCUT2D eigenvalue weighted by atomic mass is 35.5. The molecule has 0 radical (unpaired) electrons. The molecule has 2 aromatic rings. The van der Waals surface area contributed by atoms with Crippen molar-refractivity contribution in [1.29, 1.82) is 0 Å². The summed E-state index contributed by atoms with van der Waals surface area (Å²) in [4.78, 5) is 0. The molecule has 0 aliphatic carbocycles. The second kappa shape index (κ2) is 8.24. The first kappa shape index (κ1) is 16.9. The first-order chi connectivity index (χ1) is 11.7. The standard InChI is InChI=1S/C18H20ClNO4/c19-13-5-7-15(8-6-13)22-11-14(21)9-20-10-16-12-23-17-3-1-2-4-18(17)24-16/h1-8,14,16,20-21H,9-12H2/p+1/t14-,16+/m1/s1. The van der Waals surface area contributed by atoms with Crippen LogP contribution in [0.25, 0.3) is 0 Å². The lowest BCUT2D eigenvalue weighted by Crippen LogP contribution is -2.89. The van der Waals surface area contributed by atoms with Gasteiger partial charge in [-0.15, -0.1) is 0 Å². The average molecular weight is 351 g/mol. The maximum Gasteiger partial charge on any atom is 0.181 e. The first-order valence-corrected chi connectivity index (χ1v) is 8.35. The van der Waals surface area contributed by atoms with Crippen LogP contribution in [0.5, 0.6) is 17.2 Å². The van der Waals surface area contributed by atoms with Crippen LogP contribution in [0, 0.1) is 0 Å². The molecule has 0 saturated carbocycles. The number of hydrogen-bond acceptors (Lipinski definition) is 4. The normalized spacial score (nSPS) is 17.3. The Morgan fingerprint density at radius 3 is 2.71 bits per heavy atom. The number of hydrogen-bond donors (Lipinski definition) is 2. The number of para-hydroxylation sites is 2. The Bertz CT molecular complexity index is 650. The number of ether oxygens (including phenoxy) is 3. The fraction of sp³-hybridized carbons (Fsp3) is 0.333. The van der Waals surface area contributed by atoms with E-state index >= 15 is 0 Å². The molecule has 3 rings (SSSR count). The van der Waals surface area contributed by atoms with Gasteiger partial charge < -0.3 is 24.6 Å². The molecule has 5 nitrogen and oxygen atoms in total. The van der Waals surface area contributed by atoms with Crippen LogP contribution in [0.4, 0.5) is 0 Å². The molecule has 0 fully saturated rings. The van der Waals surface area contributed by atoms with Crippen molar-refractivity contribution in [2.45, 2.75) is 12.2 Å². The van der Waals surface area contributed by atoms with Gasteiger partial charge in [-0.25, -0.2) is 0 Å². The molecule has 0 saturated heterocycles. The third-order valence-electron chi connectivity index (χ3n) is 3.69. The molecule has 1 aliphatic rings. The van der Waals surface area contributed by atoms with Crippen molar-refractivity contribution in [3.8, 4) is 17.2 Å². The number of aliphatic hydroxyl groups excluding tert-OH is 1. The lowest BCUT2D eigenvalue weighted by molar-refractivity contribution is -0.666. The summed E-state index contributed by atoms with van der Waals surface area (Å²) in [5, 5.41) is 12.7. The minimum absolute atomic E-state index is 0.0238. The maximum absolute atomic E-state index is 10.00. The topological polar surface area (TPSA) is 64.5 Å². The number of fused-ring (bicyclic) bond motifs is 1. The molecule has 1 heterocycles. The summed E-state index contributed by atoms with van der Waals surface area (Å²) in [7, 11) is 0. The number of nitrogens with two attached hydrogens (primary N) is 1. The number of quaternary nitrogens is 1. The van der Waals surface area contributed by atoms with E-state index in [9.17, 15) is 5.11 Å². The van der Waals surface area contributed by atoms with Crippen LogP contribution in [0.1, 0.15) is 0 Å².